The monoisotopic (exact) mass is 414 g/mol. The molecule has 4 atom stereocenters. The molecule has 1 saturated heterocycles. The number of halogens is 2. The molecule has 138 valence electrons. The van der Waals surface area contributed by atoms with E-state index in [1.165, 1.54) is 11.8 Å². The van der Waals surface area contributed by atoms with Crippen LogP contribution in [0.25, 0.3) is 21.8 Å². The highest BCUT2D eigenvalue weighted by molar-refractivity contribution is 7.98. The van der Waals surface area contributed by atoms with E-state index in [1.807, 2.05) is 18.4 Å². The molecule has 9 heteroatoms. The smallest absolute Gasteiger partial charge is 0.170 e. The van der Waals surface area contributed by atoms with Gasteiger partial charge in [-0.1, -0.05) is 35.0 Å². The molecule has 0 saturated carbocycles. The van der Waals surface area contributed by atoms with Crippen molar-refractivity contribution in [2.75, 3.05) is 12.9 Å². The second-order valence-corrected chi connectivity index (χ2v) is 7.74. The number of aliphatic hydroxyl groups is 3. The van der Waals surface area contributed by atoms with Crippen LogP contribution in [0.15, 0.2) is 29.4 Å². The first kappa shape index (κ1) is 18.3. The van der Waals surface area contributed by atoms with Crippen LogP contribution in [0.3, 0.4) is 0 Å². The van der Waals surface area contributed by atoms with Gasteiger partial charge in [-0.2, -0.15) is 0 Å². The largest absolute Gasteiger partial charge is 0.394 e. The van der Waals surface area contributed by atoms with Gasteiger partial charge in [0.05, 0.1) is 27.7 Å². The molecule has 2 heterocycles. The minimum absolute atomic E-state index is 0.382. The van der Waals surface area contributed by atoms with Crippen LogP contribution in [0.2, 0.25) is 10.0 Å². The Labute approximate surface area is 163 Å². The zero-order chi connectivity index (χ0) is 18.6. The van der Waals surface area contributed by atoms with E-state index in [4.69, 9.17) is 27.9 Å². The van der Waals surface area contributed by atoms with Crippen molar-refractivity contribution in [1.29, 1.82) is 0 Å². The minimum atomic E-state index is -1.18. The van der Waals surface area contributed by atoms with Crippen molar-refractivity contribution >= 4 is 56.8 Å². The molecule has 1 fully saturated rings. The van der Waals surface area contributed by atoms with Gasteiger partial charge in [0.15, 0.2) is 11.4 Å². The molecule has 1 aliphatic rings. The predicted octanol–water partition coefficient (Wildman–Crippen LogP) is 2.83. The second-order valence-electron chi connectivity index (χ2n) is 6.15. The summed E-state index contributed by atoms with van der Waals surface area (Å²) in [7, 11) is 0. The van der Waals surface area contributed by atoms with E-state index in [0.717, 1.165) is 16.3 Å². The molecular formula is C17H16Cl2N2O4S. The lowest BCUT2D eigenvalue weighted by atomic mass is 10.1. The number of aromatic nitrogens is 2. The van der Waals surface area contributed by atoms with Gasteiger partial charge in [-0.25, -0.2) is 4.98 Å². The van der Waals surface area contributed by atoms with E-state index in [1.54, 1.807) is 16.7 Å². The number of imidazole rings is 1. The van der Waals surface area contributed by atoms with Gasteiger partial charge in [-0.3, -0.25) is 4.57 Å². The number of ether oxygens (including phenoxy) is 1. The zero-order valence-corrected chi connectivity index (χ0v) is 16.0. The molecule has 0 aliphatic carbocycles. The van der Waals surface area contributed by atoms with Gasteiger partial charge in [-0.15, -0.1) is 0 Å². The Kier molecular flexibility index (Phi) is 4.81. The fourth-order valence-electron chi connectivity index (χ4n) is 3.30. The normalized spacial score (nSPS) is 26.2. The quantitative estimate of drug-likeness (QED) is 0.571. The number of aliphatic hydroxyl groups excluding tert-OH is 3. The highest BCUT2D eigenvalue weighted by Crippen LogP contribution is 2.38. The third-order valence-electron chi connectivity index (χ3n) is 4.61. The van der Waals surface area contributed by atoms with Crippen LogP contribution < -0.4 is 0 Å². The molecule has 26 heavy (non-hydrogen) atoms. The Morgan fingerprint density at radius 1 is 1.12 bits per heavy atom. The first-order chi connectivity index (χ1) is 12.4. The molecule has 1 aliphatic heterocycles. The van der Waals surface area contributed by atoms with Gasteiger partial charge in [-0.05, 0) is 41.3 Å². The summed E-state index contributed by atoms with van der Waals surface area (Å²) in [6, 6.07) is 7.34. The highest BCUT2D eigenvalue weighted by Gasteiger charge is 2.44. The Bertz CT molecular complexity index is 996. The van der Waals surface area contributed by atoms with Crippen LogP contribution >= 0.6 is 35.0 Å². The number of benzene rings is 2. The summed E-state index contributed by atoms with van der Waals surface area (Å²) < 4.78 is 7.44. The number of fused-ring (bicyclic) bond motifs is 2. The van der Waals surface area contributed by atoms with E-state index in [0.29, 0.717) is 20.7 Å². The molecule has 0 amide bonds. The number of rotatable bonds is 3. The first-order valence-electron chi connectivity index (χ1n) is 7.91. The van der Waals surface area contributed by atoms with E-state index < -0.39 is 24.5 Å². The molecule has 6 nitrogen and oxygen atoms in total. The lowest BCUT2D eigenvalue weighted by molar-refractivity contribution is -0.0545. The standard InChI is InChI=1S/C17H16Cl2N2O4S/c1-26-17-20-11-4-7-2-9(18)10(19)3-8(7)5-12(11)21(17)16-15(24)14(23)13(6-22)25-16/h2-5,13-16,22-24H,6H2,1H3/t13-,14-,15?,16-/m1/s1. The summed E-state index contributed by atoms with van der Waals surface area (Å²) >= 11 is 13.6. The average molecular weight is 415 g/mol. The lowest BCUT2D eigenvalue weighted by Gasteiger charge is -2.19. The number of nitrogens with zero attached hydrogens (tertiary/aromatic N) is 2. The van der Waals surface area contributed by atoms with Crippen molar-refractivity contribution in [3.63, 3.8) is 0 Å². The van der Waals surface area contributed by atoms with Crippen LogP contribution in [0.5, 0.6) is 0 Å². The average Bonchev–Trinajstić information content (AvgIpc) is 3.11. The van der Waals surface area contributed by atoms with Crippen LogP contribution in [-0.4, -0.2) is 56.0 Å². The molecule has 1 aromatic heterocycles. The molecular weight excluding hydrogens is 399 g/mol. The Morgan fingerprint density at radius 2 is 1.77 bits per heavy atom. The topological polar surface area (TPSA) is 87.7 Å². The second kappa shape index (κ2) is 6.83. The first-order valence-corrected chi connectivity index (χ1v) is 9.90. The molecule has 0 bridgehead atoms. The SMILES string of the molecule is CSc1nc2cc3cc(Cl)c(Cl)cc3cc2n1[C@@H]1O[C@H](CO)[C@@H](O)C1O. The van der Waals surface area contributed by atoms with Gasteiger partial charge >= 0.3 is 0 Å². The van der Waals surface area contributed by atoms with Gasteiger partial charge in [0, 0.05) is 0 Å². The van der Waals surface area contributed by atoms with Crippen molar-refractivity contribution in [2.24, 2.45) is 0 Å². The molecule has 4 rings (SSSR count). The Hall–Kier alpha value is -1.06. The van der Waals surface area contributed by atoms with Gasteiger partial charge < -0.3 is 20.1 Å². The van der Waals surface area contributed by atoms with Crippen LogP contribution in [-0.2, 0) is 4.74 Å². The third-order valence-corrected chi connectivity index (χ3v) is 5.98. The van der Waals surface area contributed by atoms with Crippen LogP contribution in [0, 0.1) is 0 Å². The summed E-state index contributed by atoms with van der Waals surface area (Å²) in [4.78, 5) is 4.60. The van der Waals surface area contributed by atoms with Crippen molar-refractivity contribution in [3.8, 4) is 0 Å². The maximum atomic E-state index is 10.4. The fraction of sp³-hybridized carbons (Fsp3) is 0.353. The zero-order valence-electron chi connectivity index (χ0n) is 13.6. The van der Waals surface area contributed by atoms with Gasteiger partial charge in [0.2, 0.25) is 0 Å². The molecule has 2 aromatic carbocycles. The van der Waals surface area contributed by atoms with Crippen LogP contribution in [0.4, 0.5) is 0 Å². The van der Waals surface area contributed by atoms with Crippen LogP contribution in [0.1, 0.15) is 6.23 Å². The van der Waals surface area contributed by atoms with E-state index in [2.05, 4.69) is 4.98 Å². The number of hydrogen-bond acceptors (Lipinski definition) is 6. The Balaban J connectivity index is 1.93. The van der Waals surface area contributed by atoms with Gasteiger partial charge in [0.1, 0.15) is 18.3 Å². The summed E-state index contributed by atoms with van der Waals surface area (Å²) in [5.74, 6) is 0. The van der Waals surface area contributed by atoms with Crippen molar-refractivity contribution in [2.45, 2.75) is 29.7 Å². The minimum Gasteiger partial charge on any atom is -0.394 e. The maximum absolute atomic E-state index is 10.4. The van der Waals surface area contributed by atoms with E-state index in [9.17, 15) is 15.3 Å². The fourth-order valence-corrected chi connectivity index (χ4v) is 4.23. The third kappa shape index (κ3) is 2.79. The number of thioether (sulfide) groups is 1. The molecule has 1 unspecified atom stereocenters. The molecule has 3 aromatic rings. The Morgan fingerprint density at radius 3 is 2.35 bits per heavy atom. The molecule has 0 radical (unpaired) electrons. The molecule has 3 N–H and O–H groups in total. The summed E-state index contributed by atoms with van der Waals surface area (Å²) in [5.41, 5.74) is 1.44. The number of hydrogen-bond donors (Lipinski definition) is 3. The van der Waals surface area contributed by atoms with Crippen molar-refractivity contribution in [3.05, 3.63) is 34.3 Å². The van der Waals surface area contributed by atoms with E-state index >= 15 is 0 Å². The van der Waals surface area contributed by atoms with E-state index in [-0.39, 0.29) is 6.61 Å². The summed E-state index contributed by atoms with van der Waals surface area (Å²) in [6.45, 7) is -0.382. The maximum Gasteiger partial charge on any atom is 0.170 e. The lowest BCUT2D eigenvalue weighted by Crippen LogP contribution is -2.33. The van der Waals surface area contributed by atoms with Crippen molar-refractivity contribution < 1.29 is 20.1 Å². The highest BCUT2D eigenvalue weighted by atomic mass is 35.5. The van der Waals surface area contributed by atoms with Gasteiger partial charge in [0.25, 0.3) is 0 Å². The molecule has 0 spiro atoms. The van der Waals surface area contributed by atoms with Crippen molar-refractivity contribution in [1.82, 2.24) is 9.55 Å². The summed E-state index contributed by atoms with van der Waals surface area (Å²) in [6.07, 6.45) is -2.19. The summed E-state index contributed by atoms with van der Waals surface area (Å²) in [5, 5.41) is 33.2. The predicted molar refractivity (Wildman–Crippen MR) is 102 cm³/mol.